The summed E-state index contributed by atoms with van der Waals surface area (Å²) in [6, 6.07) is 14.4. The van der Waals surface area contributed by atoms with Crippen molar-refractivity contribution in [3.8, 4) is 11.4 Å². The summed E-state index contributed by atoms with van der Waals surface area (Å²) in [5, 5.41) is 11.6. The summed E-state index contributed by atoms with van der Waals surface area (Å²) < 4.78 is 27.8. The Morgan fingerprint density at radius 2 is 1.70 bits per heavy atom. The van der Waals surface area contributed by atoms with Crippen molar-refractivity contribution >= 4 is 56.6 Å². The lowest BCUT2D eigenvalue weighted by Gasteiger charge is -2.11. The van der Waals surface area contributed by atoms with Crippen molar-refractivity contribution in [2.24, 2.45) is 0 Å². The number of nitrogens with one attached hydrogen (secondary N) is 2. The average Bonchev–Trinajstić information content (AvgIpc) is 3.11. The third-order valence-corrected chi connectivity index (χ3v) is 5.15. The molecule has 3 aromatic carbocycles. The maximum absolute atomic E-state index is 14.0. The highest BCUT2D eigenvalue weighted by Crippen LogP contribution is 2.33. The number of H-pyrrole nitrogens is 1. The predicted octanol–water partition coefficient (Wildman–Crippen LogP) is 6.50. The number of rotatable bonds is 3. The molecular formula is C21H11Cl2F2N5. The van der Waals surface area contributed by atoms with E-state index in [2.05, 4.69) is 25.5 Å². The highest BCUT2D eigenvalue weighted by Gasteiger charge is 2.16. The normalized spacial score (nSPS) is 11.3. The molecule has 0 saturated carbocycles. The predicted molar refractivity (Wildman–Crippen MR) is 114 cm³/mol. The zero-order valence-electron chi connectivity index (χ0n) is 15.0. The van der Waals surface area contributed by atoms with Gasteiger partial charge < -0.3 is 5.32 Å². The smallest absolute Gasteiger partial charge is 0.163 e. The molecule has 0 radical (unpaired) electrons. The number of para-hydroxylation sites is 1. The van der Waals surface area contributed by atoms with Crippen LogP contribution in [0.5, 0.6) is 0 Å². The lowest BCUT2D eigenvalue weighted by atomic mass is 10.1. The molecule has 0 fully saturated rings. The van der Waals surface area contributed by atoms with E-state index in [1.165, 1.54) is 6.07 Å². The van der Waals surface area contributed by atoms with Gasteiger partial charge in [0.2, 0.25) is 0 Å². The molecule has 0 unspecified atom stereocenters. The number of hydrogen-bond acceptors (Lipinski definition) is 4. The van der Waals surface area contributed by atoms with Crippen molar-refractivity contribution in [1.82, 2.24) is 20.2 Å². The zero-order valence-corrected chi connectivity index (χ0v) is 16.6. The molecule has 9 heteroatoms. The molecule has 0 atom stereocenters. The van der Waals surface area contributed by atoms with Gasteiger partial charge in [-0.15, -0.1) is 0 Å². The number of benzene rings is 3. The van der Waals surface area contributed by atoms with E-state index in [-0.39, 0.29) is 16.7 Å². The summed E-state index contributed by atoms with van der Waals surface area (Å²) in [6.07, 6.45) is 0. The fourth-order valence-corrected chi connectivity index (χ4v) is 3.71. The van der Waals surface area contributed by atoms with Crippen LogP contribution in [0.4, 0.5) is 20.4 Å². The number of aromatic amines is 1. The van der Waals surface area contributed by atoms with Crippen LogP contribution < -0.4 is 5.32 Å². The number of aromatic nitrogens is 4. The minimum Gasteiger partial charge on any atom is -0.322 e. The maximum Gasteiger partial charge on any atom is 0.163 e. The van der Waals surface area contributed by atoms with Crippen LogP contribution in [0.25, 0.3) is 33.2 Å². The molecule has 0 aliphatic heterocycles. The molecule has 5 aromatic rings. The van der Waals surface area contributed by atoms with Crippen LogP contribution in [0.15, 0.2) is 54.6 Å². The Balaban J connectivity index is 1.69. The first-order valence-electron chi connectivity index (χ1n) is 8.82. The molecule has 0 bridgehead atoms. The fourth-order valence-electron chi connectivity index (χ4n) is 3.22. The van der Waals surface area contributed by atoms with E-state index in [1.54, 1.807) is 18.2 Å². The lowest BCUT2D eigenvalue weighted by molar-refractivity contribution is 0.590. The van der Waals surface area contributed by atoms with E-state index in [4.69, 9.17) is 23.2 Å². The largest absolute Gasteiger partial charge is 0.322 e. The Kier molecular flexibility index (Phi) is 4.49. The molecule has 2 aromatic heterocycles. The molecule has 148 valence electrons. The van der Waals surface area contributed by atoms with Gasteiger partial charge in [-0.3, -0.25) is 5.10 Å². The Morgan fingerprint density at radius 3 is 2.53 bits per heavy atom. The summed E-state index contributed by atoms with van der Waals surface area (Å²) in [5.74, 6) is -0.410. The number of hydrogen-bond donors (Lipinski definition) is 2. The second-order valence-corrected chi connectivity index (χ2v) is 7.39. The van der Waals surface area contributed by atoms with E-state index in [1.807, 2.05) is 24.3 Å². The van der Waals surface area contributed by atoms with Crippen molar-refractivity contribution in [2.75, 3.05) is 5.32 Å². The third-order valence-electron chi connectivity index (χ3n) is 4.60. The number of nitrogens with zero attached hydrogens (tertiary/aromatic N) is 3. The van der Waals surface area contributed by atoms with Crippen LogP contribution in [-0.4, -0.2) is 20.2 Å². The molecular weight excluding hydrogens is 431 g/mol. The molecule has 0 spiro atoms. The summed E-state index contributed by atoms with van der Waals surface area (Å²) >= 11 is 12.3. The van der Waals surface area contributed by atoms with Gasteiger partial charge in [0.1, 0.15) is 17.2 Å². The zero-order chi connectivity index (χ0) is 20.8. The summed E-state index contributed by atoms with van der Waals surface area (Å²) in [7, 11) is 0. The van der Waals surface area contributed by atoms with E-state index in [9.17, 15) is 8.78 Å². The second kappa shape index (κ2) is 7.19. The average molecular weight is 442 g/mol. The standard InChI is InChI=1S/C21H11Cl2F2N5/c22-10-5-6-12(15(23)7-10)19-26-17-4-2-1-3-13(17)20(27-19)28-21-14-8-11(24)9-16(25)18(14)29-30-21/h1-9H,(H2,26,27,28,29,30). The first kappa shape index (κ1) is 18.7. The van der Waals surface area contributed by atoms with Crippen LogP contribution >= 0.6 is 23.2 Å². The highest BCUT2D eigenvalue weighted by atomic mass is 35.5. The molecule has 0 aliphatic rings. The van der Waals surface area contributed by atoms with E-state index >= 15 is 0 Å². The minimum absolute atomic E-state index is 0.0956. The molecule has 5 rings (SSSR count). The molecule has 5 nitrogen and oxygen atoms in total. The summed E-state index contributed by atoms with van der Waals surface area (Å²) in [4.78, 5) is 9.19. The first-order chi connectivity index (χ1) is 14.5. The van der Waals surface area contributed by atoms with Gasteiger partial charge >= 0.3 is 0 Å². The number of halogens is 4. The van der Waals surface area contributed by atoms with Crippen LogP contribution in [-0.2, 0) is 0 Å². The van der Waals surface area contributed by atoms with Crippen molar-refractivity contribution in [3.63, 3.8) is 0 Å². The molecule has 0 saturated heterocycles. The Labute approximate surface area is 178 Å². The fraction of sp³-hybridized carbons (Fsp3) is 0. The number of fused-ring (bicyclic) bond motifs is 2. The molecule has 30 heavy (non-hydrogen) atoms. The van der Waals surface area contributed by atoms with Crippen LogP contribution in [0.1, 0.15) is 0 Å². The van der Waals surface area contributed by atoms with E-state index < -0.39 is 11.6 Å². The van der Waals surface area contributed by atoms with Gasteiger partial charge in [0.25, 0.3) is 0 Å². The Hall–Kier alpha value is -3.29. The van der Waals surface area contributed by atoms with Gasteiger partial charge in [0, 0.05) is 22.0 Å². The summed E-state index contributed by atoms with van der Waals surface area (Å²) in [5.41, 5.74) is 1.35. The Bertz CT molecular complexity index is 1430. The minimum atomic E-state index is -0.730. The molecule has 0 amide bonds. The molecule has 2 heterocycles. The van der Waals surface area contributed by atoms with Gasteiger partial charge in [-0.1, -0.05) is 35.3 Å². The van der Waals surface area contributed by atoms with Gasteiger partial charge in [-0.2, -0.15) is 5.10 Å². The Morgan fingerprint density at radius 1 is 0.867 bits per heavy atom. The highest BCUT2D eigenvalue weighted by molar-refractivity contribution is 6.36. The molecule has 2 N–H and O–H groups in total. The van der Waals surface area contributed by atoms with Crippen molar-refractivity contribution in [1.29, 1.82) is 0 Å². The van der Waals surface area contributed by atoms with Crippen LogP contribution in [0.2, 0.25) is 10.0 Å². The van der Waals surface area contributed by atoms with Gasteiger partial charge in [0.05, 0.1) is 15.9 Å². The van der Waals surface area contributed by atoms with Crippen LogP contribution in [0, 0.1) is 11.6 Å². The quantitative estimate of drug-likeness (QED) is 0.335. The maximum atomic E-state index is 14.0. The monoisotopic (exact) mass is 441 g/mol. The van der Waals surface area contributed by atoms with E-state index in [0.717, 1.165) is 6.07 Å². The summed E-state index contributed by atoms with van der Waals surface area (Å²) in [6.45, 7) is 0. The van der Waals surface area contributed by atoms with Crippen molar-refractivity contribution < 1.29 is 8.78 Å². The van der Waals surface area contributed by atoms with E-state index in [0.29, 0.717) is 38.2 Å². The van der Waals surface area contributed by atoms with Gasteiger partial charge in [0.15, 0.2) is 17.5 Å². The number of anilines is 2. The molecule has 0 aliphatic carbocycles. The van der Waals surface area contributed by atoms with Crippen LogP contribution in [0.3, 0.4) is 0 Å². The van der Waals surface area contributed by atoms with Crippen molar-refractivity contribution in [2.45, 2.75) is 0 Å². The SMILES string of the molecule is Fc1cc(F)c2[nH]nc(Nc3nc(-c4ccc(Cl)cc4Cl)nc4ccccc34)c2c1. The first-order valence-corrected chi connectivity index (χ1v) is 9.57. The second-order valence-electron chi connectivity index (χ2n) is 6.54. The van der Waals surface area contributed by atoms with Gasteiger partial charge in [-0.25, -0.2) is 18.7 Å². The van der Waals surface area contributed by atoms with Gasteiger partial charge in [-0.05, 0) is 36.4 Å². The third kappa shape index (κ3) is 3.22. The topological polar surface area (TPSA) is 66.5 Å². The lowest BCUT2D eigenvalue weighted by Crippen LogP contribution is -2.00. The van der Waals surface area contributed by atoms with Crippen molar-refractivity contribution in [3.05, 3.63) is 76.3 Å².